The molecule has 0 aliphatic carbocycles. The Bertz CT molecular complexity index is 400. The molecule has 0 saturated carbocycles. The van der Waals surface area contributed by atoms with Gasteiger partial charge in [0.1, 0.15) is 29.9 Å². The van der Waals surface area contributed by atoms with Crippen LogP contribution in [0.5, 0.6) is 17.2 Å². The molecular weight excluding hydrogens is 248 g/mol. The summed E-state index contributed by atoms with van der Waals surface area (Å²) >= 11 is 0. The molecule has 0 heterocycles. The van der Waals surface area contributed by atoms with Crippen LogP contribution in [-0.2, 0) is 0 Å². The Balaban J connectivity index is 3.37. The van der Waals surface area contributed by atoms with Crippen LogP contribution in [0.15, 0.2) is 12.1 Å². The Hall–Kier alpha value is -1.60. The molecule has 5 nitrogen and oxygen atoms in total. The lowest BCUT2D eigenvalue weighted by molar-refractivity contribution is -0.0719. The molecule has 0 amide bonds. The van der Waals surface area contributed by atoms with Gasteiger partial charge in [-0.25, -0.2) is 8.78 Å². The maximum atomic E-state index is 13.4. The predicted molar refractivity (Wildman–Crippen MR) is 60.2 cm³/mol. The van der Waals surface area contributed by atoms with Crippen molar-refractivity contribution in [3.63, 3.8) is 0 Å². The second-order valence-electron chi connectivity index (χ2n) is 3.66. The van der Waals surface area contributed by atoms with E-state index in [2.05, 4.69) is 0 Å². The van der Waals surface area contributed by atoms with Gasteiger partial charge in [-0.3, -0.25) is 0 Å². The highest BCUT2D eigenvalue weighted by atomic mass is 19.3. The number of phenols is 1. The summed E-state index contributed by atoms with van der Waals surface area (Å²) in [5, 5.41) is 18.0. The number of hydrogen-bond donors (Lipinski definition) is 3. The van der Waals surface area contributed by atoms with Gasteiger partial charge < -0.3 is 25.4 Å². The van der Waals surface area contributed by atoms with E-state index < -0.39 is 18.6 Å². The van der Waals surface area contributed by atoms with E-state index in [1.165, 1.54) is 14.2 Å². The smallest absolute Gasteiger partial charge is 0.289 e. The Morgan fingerprint density at radius 2 is 1.72 bits per heavy atom. The summed E-state index contributed by atoms with van der Waals surface area (Å²) < 4.78 is 36.6. The SMILES string of the molecule is COc1cc(O)cc(OC)c1[C@H](N)C(F)(F)CO. The molecule has 0 aromatic heterocycles. The van der Waals surface area contributed by atoms with Gasteiger partial charge in [0.05, 0.1) is 19.8 Å². The zero-order valence-corrected chi connectivity index (χ0v) is 9.98. The molecule has 0 aliphatic heterocycles. The summed E-state index contributed by atoms with van der Waals surface area (Å²) in [4.78, 5) is 0. The standard InChI is InChI=1S/C11H15F2NO4/c1-17-7-3-6(16)4-8(18-2)9(7)10(14)11(12,13)5-15/h3-4,10,15-16H,5,14H2,1-2H3/t10-/m0/s1. The summed E-state index contributed by atoms with van der Waals surface area (Å²) in [7, 11) is 2.50. The van der Waals surface area contributed by atoms with Crippen molar-refractivity contribution in [2.45, 2.75) is 12.0 Å². The van der Waals surface area contributed by atoms with Crippen molar-refractivity contribution in [2.75, 3.05) is 20.8 Å². The molecule has 0 spiro atoms. The third kappa shape index (κ3) is 2.62. The fraction of sp³-hybridized carbons (Fsp3) is 0.455. The number of benzene rings is 1. The molecule has 0 radical (unpaired) electrons. The normalized spacial score (nSPS) is 13.2. The average Bonchev–Trinajstić information content (AvgIpc) is 2.36. The number of aromatic hydroxyl groups is 1. The predicted octanol–water partition coefficient (Wildman–Crippen LogP) is 1.04. The van der Waals surface area contributed by atoms with Gasteiger partial charge in [-0.05, 0) is 0 Å². The molecule has 0 aliphatic rings. The summed E-state index contributed by atoms with van der Waals surface area (Å²) in [5.41, 5.74) is 5.32. The minimum atomic E-state index is -3.53. The highest BCUT2D eigenvalue weighted by molar-refractivity contribution is 5.52. The molecule has 1 rings (SSSR count). The van der Waals surface area contributed by atoms with E-state index in [0.717, 1.165) is 12.1 Å². The molecular formula is C11H15F2NO4. The van der Waals surface area contributed by atoms with Crippen molar-refractivity contribution in [1.82, 2.24) is 0 Å². The van der Waals surface area contributed by atoms with Gasteiger partial charge in [-0.1, -0.05) is 0 Å². The molecule has 102 valence electrons. The number of phenolic OH excluding ortho intramolecular Hbond substituents is 1. The molecule has 0 unspecified atom stereocenters. The zero-order valence-electron chi connectivity index (χ0n) is 9.98. The van der Waals surface area contributed by atoms with Gasteiger partial charge in [0.15, 0.2) is 0 Å². The van der Waals surface area contributed by atoms with E-state index >= 15 is 0 Å². The fourth-order valence-electron chi connectivity index (χ4n) is 1.54. The number of aliphatic hydroxyl groups excluding tert-OH is 1. The van der Waals surface area contributed by atoms with E-state index in [-0.39, 0.29) is 22.8 Å². The van der Waals surface area contributed by atoms with Crippen LogP contribution in [-0.4, -0.2) is 37.0 Å². The average molecular weight is 263 g/mol. The number of ether oxygens (including phenoxy) is 2. The van der Waals surface area contributed by atoms with Gasteiger partial charge in [-0.2, -0.15) is 0 Å². The number of methoxy groups -OCH3 is 2. The first-order chi connectivity index (χ1) is 8.37. The number of alkyl halides is 2. The monoisotopic (exact) mass is 263 g/mol. The maximum absolute atomic E-state index is 13.4. The first-order valence-corrected chi connectivity index (χ1v) is 5.06. The number of aliphatic hydroxyl groups is 1. The third-order valence-corrected chi connectivity index (χ3v) is 2.51. The van der Waals surface area contributed by atoms with Crippen molar-refractivity contribution in [1.29, 1.82) is 0 Å². The van der Waals surface area contributed by atoms with Gasteiger partial charge >= 0.3 is 0 Å². The van der Waals surface area contributed by atoms with Crippen LogP contribution in [0.25, 0.3) is 0 Å². The number of halogens is 2. The molecule has 1 atom stereocenters. The van der Waals surface area contributed by atoms with Crippen LogP contribution < -0.4 is 15.2 Å². The van der Waals surface area contributed by atoms with Crippen molar-refractivity contribution >= 4 is 0 Å². The molecule has 1 aromatic carbocycles. The number of rotatable bonds is 5. The van der Waals surface area contributed by atoms with E-state index in [0.29, 0.717) is 0 Å². The summed E-state index contributed by atoms with van der Waals surface area (Å²) in [5.74, 6) is -3.80. The summed E-state index contributed by atoms with van der Waals surface area (Å²) in [6.07, 6.45) is 0. The van der Waals surface area contributed by atoms with Gasteiger partial charge in [0, 0.05) is 12.1 Å². The van der Waals surface area contributed by atoms with Crippen LogP contribution in [0.1, 0.15) is 11.6 Å². The van der Waals surface area contributed by atoms with Crippen molar-refractivity contribution in [3.8, 4) is 17.2 Å². The Morgan fingerprint density at radius 3 is 2.06 bits per heavy atom. The van der Waals surface area contributed by atoms with Crippen molar-refractivity contribution in [2.24, 2.45) is 5.73 Å². The molecule has 18 heavy (non-hydrogen) atoms. The highest BCUT2D eigenvalue weighted by Gasteiger charge is 2.40. The Morgan fingerprint density at radius 1 is 1.28 bits per heavy atom. The lowest BCUT2D eigenvalue weighted by atomic mass is 9.99. The Labute approximate surface area is 103 Å². The molecule has 0 saturated heterocycles. The summed E-state index contributed by atoms with van der Waals surface area (Å²) in [6, 6.07) is 0.476. The Kier molecular flexibility index (Phi) is 4.31. The number of nitrogens with two attached hydrogens (primary N) is 1. The first-order valence-electron chi connectivity index (χ1n) is 5.06. The molecule has 4 N–H and O–H groups in total. The lowest BCUT2D eigenvalue weighted by Gasteiger charge is -2.25. The minimum Gasteiger partial charge on any atom is -0.508 e. The van der Waals surface area contributed by atoms with Gasteiger partial charge in [0.25, 0.3) is 5.92 Å². The second kappa shape index (κ2) is 5.36. The lowest BCUT2D eigenvalue weighted by Crippen LogP contribution is -2.36. The van der Waals surface area contributed by atoms with Crippen LogP contribution in [0.4, 0.5) is 8.78 Å². The molecule has 7 heteroatoms. The van der Waals surface area contributed by atoms with E-state index in [1.54, 1.807) is 0 Å². The third-order valence-electron chi connectivity index (χ3n) is 2.51. The molecule has 1 aromatic rings. The van der Waals surface area contributed by atoms with E-state index in [1.807, 2.05) is 0 Å². The van der Waals surface area contributed by atoms with Crippen LogP contribution in [0.2, 0.25) is 0 Å². The first kappa shape index (κ1) is 14.5. The second-order valence-corrected chi connectivity index (χ2v) is 3.66. The van der Waals surface area contributed by atoms with Crippen LogP contribution >= 0.6 is 0 Å². The largest absolute Gasteiger partial charge is 0.508 e. The fourth-order valence-corrected chi connectivity index (χ4v) is 1.54. The summed E-state index contributed by atoms with van der Waals surface area (Å²) in [6.45, 7) is -1.40. The zero-order chi connectivity index (χ0) is 13.9. The van der Waals surface area contributed by atoms with Crippen LogP contribution in [0.3, 0.4) is 0 Å². The van der Waals surface area contributed by atoms with Gasteiger partial charge in [-0.15, -0.1) is 0 Å². The highest BCUT2D eigenvalue weighted by Crippen LogP contribution is 2.42. The maximum Gasteiger partial charge on any atom is 0.289 e. The van der Waals surface area contributed by atoms with Crippen molar-refractivity contribution in [3.05, 3.63) is 17.7 Å². The van der Waals surface area contributed by atoms with Crippen molar-refractivity contribution < 1.29 is 28.5 Å². The number of hydrogen-bond acceptors (Lipinski definition) is 5. The molecule has 0 bridgehead atoms. The van der Waals surface area contributed by atoms with Gasteiger partial charge in [0.2, 0.25) is 0 Å². The minimum absolute atomic E-state index is 0.0347. The topological polar surface area (TPSA) is 84.9 Å². The van der Waals surface area contributed by atoms with E-state index in [4.69, 9.17) is 20.3 Å². The quantitative estimate of drug-likeness (QED) is 0.739. The molecule has 0 fully saturated rings. The van der Waals surface area contributed by atoms with Crippen LogP contribution in [0, 0.1) is 0 Å². The van der Waals surface area contributed by atoms with E-state index in [9.17, 15) is 13.9 Å².